The van der Waals surface area contributed by atoms with Gasteiger partial charge in [0.2, 0.25) is 0 Å². The van der Waals surface area contributed by atoms with Crippen LogP contribution in [0.5, 0.6) is 0 Å². The van der Waals surface area contributed by atoms with Crippen LogP contribution in [0.15, 0.2) is 23.5 Å². The molecular formula is C12H17N3O3. The molecule has 98 valence electrons. The first kappa shape index (κ1) is 14.0. The summed E-state index contributed by atoms with van der Waals surface area (Å²) < 4.78 is 5.13. The van der Waals surface area contributed by atoms with Crippen molar-refractivity contribution in [3.8, 4) is 0 Å². The van der Waals surface area contributed by atoms with E-state index in [9.17, 15) is 4.79 Å². The molecule has 18 heavy (non-hydrogen) atoms. The highest BCUT2D eigenvalue weighted by molar-refractivity contribution is 6.03. The Hall–Kier alpha value is -2.11. The van der Waals surface area contributed by atoms with Gasteiger partial charge in [0.1, 0.15) is 17.0 Å². The molecule has 0 saturated carbocycles. The third-order valence-corrected chi connectivity index (χ3v) is 1.94. The quantitative estimate of drug-likeness (QED) is 0.480. The summed E-state index contributed by atoms with van der Waals surface area (Å²) in [4.78, 5) is 15.7. The van der Waals surface area contributed by atoms with Crippen LogP contribution in [-0.2, 0) is 4.74 Å². The van der Waals surface area contributed by atoms with Crippen LogP contribution < -0.4 is 5.32 Å². The van der Waals surface area contributed by atoms with Crippen LogP contribution in [0.25, 0.3) is 0 Å². The van der Waals surface area contributed by atoms with E-state index in [1.165, 1.54) is 0 Å². The predicted molar refractivity (Wildman–Crippen MR) is 68.1 cm³/mol. The zero-order valence-electron chi connectivity index (χ0n) is 10.9. The van der Waals surface area contributed by atoms with Gasteiger partial charge in [0.25, 0.3) is 0 Å². The lowest BCUT2D eigenvalue weighted by atomic mass is 10.2. The number of aromatic nitrogens is 1. The van der Waals surface area contributed by atoms with E-state index in [2.05, 4.69) is 15.5 Å². The number of carbonyl (C=O) groups excluding carboxylic acids is 1. The van der Waals surface area contributed by atoms with E-state index in [0.717, 1.165) is 0 Å². The molecule has 2 N–H and O–H groups in total. The van der Waals surface area contributed by atoms with Crippen molar-refractivity contribution in [3.05, 3.63) is 24.0 Å². The van der Waals surface area contributed by atoms with E-state index in [1.807, 2.05) is 0 Å². The minimum atomic E-state index is -0.581. The van der Waals surface area contributed by atoms with Crippen molar-refractivity contribution >= 4 is 17.5 Å². The van der Waals surface area contributed by atoms with Gasteiger partial charge in [-0.3, -0.25) is 10.3 Å². The number of nitrogens with zero attached hydrogens (tertiary/aromatic N) is 2. The van der Waals surface area contributed by atoms with Gasteiger partial charge in [-0.2, -0.15) is 0 Å². The van der Waals surface area contributed by atoms with Gasteiger partial charge >= 0.3 is 6.09 Å². The molecule has 0 aliphatic carbocycles. The van der Waals surface area contributed by atoms with Crippen LogP contribution in [0.4, 0.5) is 10.5 Å². The average Bonchev–Trinajstić information content (AvgIpc) is 2.26. The molecule has 0 aliphatic rings. The maximum Gasteiger partial charge on any atom is 0.412 e. The van der Waals surface area contributed by atoms with Crippen molar-refractivity contribution in [2.45, 2.75) is 33.3 Å². The average molecular weight is 251 g/mol. The van der Waals surface area contributed by atoms with Crippen molar-refractivity contribution < 1.29 is 14.7 Å². The molecule has 1 rings (SSSR count). The largest absolute Gasteiger partial charge is 0.444 e. The van der Waals surface area contributed by atoms with Gasteiger partial charge in [-0.15, -0.1) is 0 Å². The summed E-state index contributed by atoms with van der Waals surface area (Å²) in [6.45, 7) is 6.91. The van der Waals surface area contributed by atoms with Gasteiger partial charge < -0.3 is 9.94 Å². The van der Waals surface area contributed by atoms with Gasteiger partial charge in [-0.05, 0) is 39.8 Å². The van der Waals surface area contributed by atoms with Gasteiger partial charge in [0.15, 0.2) is 0 Å². The highest BCUT2D eigenvalue weighted by Gasteiger charge is 2.18. The number of nitrogens with one attached hydrogen (secondary N) is 1. The predicted octanol–water partition coefficient (Wildman–Crippen LogP) is 2.63. The summed E-state index contributed by atoms with van der Waals surface area (Å²) in [6.07, 6.45) is 0.965. The molecular weight excluding hydrogens is 234 g/mol. The highest BCUT2D eigenvalue weighted by Crippen LogP contribution is 2.15. The zero-order chi connectivity index (χ0) is 13.8. The molecule has 0 fully saturated rings. The van der Waals surface area contributed by atoms with Crippen molar-refractivity contribution in [1.29, 1.82) is 0 Å². The minimum absolute atomic E-state index is 0.307. The lowest BCUT2D eigenvalue weighted by molar-refractivity contribution is 0.0636. The Balaban J connectivity index is 2.88. The fraction of sp³-hybridized carbons (Fsp3) is 0.417. The molecule has 0 atom stereocenters. The number of amides is 1. The van der Waals surface area contributed by atoms with Crippen LogP contribution in [0.3, 0.4) is 0 Å². The number of anilines is 1. The normalized spacial score (nSPS) is 12.1. The maximum atomic E-state index is 11.6. The molecule has 0 aliphatic heterocycles. The van der Waals surface area contributed by atoms with Crippen molar-refractivity contribution in [1.82, 2.24) is 4.98 Å². The fourth-order valence-corrected chi connectivity index (χ4v) is 1.26. The number of ether oxygens (including phenoxy) is 1. The minimum Gasteiger partial charge on any atom is -0.444 e. The molecule has 0 spiro atoms. The Morgan fingerprint density at radius 1 is 1.50 bits per heavy atom. The molecule has 1 heterocycles. The Kier molecular flexibility index (Phi) is 4.25. The lowest BCUT2D eigenvalue weighted by Crippen LogP contribution is -2.27. The summed E-state index contributed by atoms with van der Waals surface area (Å²) in [5.41, 5.74) is 0.557. The molecule has 0 aromatic carbocycles. The monoisotopic (exact) mass is 251 g/mol. The zero-order valence-corrected chi connectivity index (χ0v) is 10.9. The second kappa shape index (κ2) is 5.48. The molecule has 0 saturated heterocycles. The Bertz CT molecular complexity index is 464. The standard InChI is InChI=1S/C12H17N3O3/c1-8(15-17)10-9(6-5-7-13-10)14-11(16)18-12(2,3)4/h5-7,17H,1-4H3,(H,14,16)/b15-8+. The fourth-order valence-electron chi connectivity index (χ4n) is 1.26. The second-order valence-electron chi connectivity index (χ2n) is 4.71. The lowest BCUT2D eigenvalue weighted by Gasteiger charge is -2.20. The highest BCUT2D eigenvalue weighted by atomic mass is 16.6. The topological polar surface area (TPSA) is 83.8 Å². The van der Waals surface area contributed by atoms with Crippen LogP contribution in [0.2, 0.25) is 0 Å². The molecule has 6 heteroatoms. The Labute approximate surface area is 106 Å². The van der Waals surface area contributed by atoms with E-state index < -0.39 is 11.7 Å². The van der Waals surface area contributed by atoms with Crippen LogP contribution in [0, 0.1) is 0 Å². The summed E-state index contributed by atoms with van der Waals surface area (Å²) >= 11 is 0. The molecule has 0 radical (unpaired) electrons. The molecule has 1 aromatic rings. The first-order chi connectivity index (χ1) is 8.33. The summed E-state index contributed by atoms with van der Waals surface area (Å²) in [5.74, 6) is 0. The molecule has 1 aromatic heterocycles. The molecule has 6 nitrogen and oxygen atoms in total. The van der Waals surface area contributed by atoms with Gasteiger partial charge in [-0.1, -0.05) is 5.16 Å². The molecule has 0 unspecified atom stereocenters. The number of pyridine rings is 1. The third kappa shape index (κ3) is 4.04. The van der Waals surface area contributed by atoms with Gasteiger partial charge in [-0.25, -0.2) is 4.79 Å². The van der Waals surface area contributed by atoms with Crippen LogP contribution >= 0.6 is 0 Å². The van der Waals surface area contributed by atoms with E-state index in [0.29, 0.717) is 17.1 Å². The van der Waals surface area contributed by atoms with E-state index in [-0.39, 0.29) is 0 Å². The maximum absolute atomic E-state index is 11.6. The summed E-state index contributed by atoms with van der Waals surface area (Å²) in [7, 11) is 0. The van der Waals surface area contributed by atoms with Crippen molar-refractivity contribution in [2.75, 3.05) is 5.32 Å². The Morgan fingerprint density at radius 2 is 2.17 bits per heavy atom. The van der Waals surface area contributed by atoms with Crippen molar-refractivity contribution in [3.63, 3.8) is 0 Å². The Morgan fingerprint density at radius 3 is 2.72 bits per heavy atom. The molecule has 0 bridgehead atoms. The van der Waals surface area contributed by atoms with Crippen LogP contribution in [-0.4, -0.2) is 27.6 Å². The summed E-state index contributed by atoms with van der Waals surface area (Å²) in [5, 5.41) is 14.4. The number of carbonyl (C=O) groups is 1. The SMILES string of the molecule is C/C(=N\O)c1ncccc1NC(=O)OC(C)(C)C. The number of rotatable bonds is 2. The van der Waals surface area contributed by atoms with Crippen LogP contribution in [0.1, 0.15) is 33.4 Å². The smallest absolute Gasteiger partial charge is 0.412 e. The van der Waals surface area contributed by atoms with E-state index >= 15 is 0 Å². The number of hydrogen-bond acceptors (Lipinski definition) is 5. The van der Waals surface area contributed by atoms with Crippen molar-refractivity contribution in [2.24, 2.45) is 5.16 Å². The number of hydrogen-bond donors (Lipinski definition) is 2. The first-order valence-corrected chi connectivity index (χ1v) is 5.47. The van der Waals surface area contributed by atoms with E-state index in [4.69, 9.17) is 9.94 Å². The second-order valence-corrected chi connectivity index (χ2v) is 4.71. The first-order valence-electron chi connectivity index (χ1n) is 5.47. The third-order valence-electron chi connectivity index (χ3n) is 1.94. The summed E-state index contributed by atoms with van der Waals surface area (Å²) in [6, 6.07) is 3.32. The van der Waals surface area contributed by atoms with Gasteiger partial charge in [0.05, 0.1) is 5.69 Å². The molecule has 1 amide bonds. The van der Waals surface area contributed by atoms with E-state index in [1.54, 1.807) is 46.0 Å². The number of oxime groups is 1. The van der Waals surface area contributed by atoms with Gasteiger partial charge in [0, 0.05) is 6.20 Å².